The Morgan fingerprint density at radius 1 is 0.769 bits per heavy atom. The Hall–Kier alpha value is -4.20. The second-order valence-corrected chi connectivity index (χ2v) is 11.4. The minimum atomic E-state index is -3.97. The summed E-state index contributed by atoms with van der Waals surface area (Å²) >= 11 is 0. The highest BCUT2D eigenvalue weighted by Crippen LogP contribution is 2.29. The van der Waals surface area contributed by atoms with Crippen LogP contribution in [0.3, 0.4) is 0 Å². The summed E-state index contributed by atoms with van der Waals surface area (Å²) in [7, 11) is -2.66. The van der Waals surface area contributed by atoms with Gasteiger partial charge < -0.3 is 4.74 Å². The van der Waals surface area contributed by atoms with Crippen molar-refractivity contribution < 1.29 is 17.9 Å². The fourth-order valence-electron chi connectivity index (χ4n) is 4.77. The van der Waals surface area contributed by atoms with Gasteiger partial charge in [0.1, 0.15) is 0 Å². The van der Waals surface area contributed by atoms with E-state index < -0.39 is 16.0 Å². The molecule has 0 bridgehead atoms. The number of methoxy groups -OCH3 is 1. The van der Waals surface area contributed by atoms with Crippen molar-refractivity contribution >= 4 is 26.9 Å². The minimum Gasteiger partial charge on any atom is -0.465 e. The van der Waals surface area contributed by atoms with E-state index in [4.69, 9.17) is 4.74 Å². The van der Waals surface area contributed by atoms with Crippen LogP contribution in [-0.4, -0.2) is 30.4 Å². The van der Waals surface area contributed by atoms with E-state index in [-0.39, 0.29) is 4.90 Å². The van der Waals surface area contributed by atoms with E-state index in [0.29, 0.717) is 36.4 Å². The monoisotopic (exact) mass is 538 g/mol. The van der Waals surface area contributed by atoms with Gasteiger partial charge in [0, 0.05) is 30.7 Å². The number of aryl methyl sites for hydroxylation is 1. The fourth-order valence-corrected chi connectivity index (χ4v) is 6.30. The first-order valence-electron chi connectivity index (χ1n) is 12.7. The second kappa shape index (κ2) is 11.3. The van der Waals surface area contributed by atoms with E-state index in [0.717, 1.165) is 22.1 Å². The van der Waals surface area contributed by atoms with Crippen molar-refractivity contribution in [3.63, 3.8) is 0 Å². The third-order valence-electron chi connectivity index (χ3n) is 6.70. The molecule has 4 aromatic carbocycles. The van der Waals surface area contributed by atoms with E-state index in [2.05, 4.69) is 29.2 Å². The van der Waals surface area contributed by atoms with Crippen LogP contribution in [0, 0.1) is 6.92 Å². The largest absolute Gasteiger partial charge is 0.465 e. The number of aromatic nitrogens is 1. The molecule has 0 spiro atoms. The third-order valence-corrected chi connectivity index (χ3v) is 8.48. The molecule has 0 N–H and O–H groups in total. The normalized spacial score (nSPS) is 11.7. The van der Waals surface area contributed by atoms with Crippen molar-refractivity contribution in [2.45, 2.75) is 31.5 Å². The van der Waals surface area contributed by atoms with Crippen molar-refractivity contribution in [3.8, 4) is 0 Å². The molecule has 7 heteroatoms. The Balaban J connectivity index is 1.64. The molecule has 0 aliphatic rings. The van der Waals surface area contributed by atoms with Gasteiger partial charge in [0.05, 0.1) is 23.1 Å². The second-order valence-electron chi connectivity index (χ2n) is 9.60. The molecule has 0 unspecified atom stereocenters. The summed E-state index contributed by atoms with van der Waals surface area (Å²) in [6.07, 6.45) is 0. The molecule has 0 radical (unpaired) electrons. The lowest BCUT2D eigenvalue weighted by Gasteiger charge is -2.24. The first kappa shape index (κ1) is 26.4. The number of carbonyl (C=O) groups excluding carboxylic acids is 1. The summed E-state index contributed by atoms with van der Waals surface area (Å²) in [5.74, 6) is -0.520. The molecule has 1 heterocycles. The number of rotatable bonds is 9. The quantitative estimate of drug-likeness (QED) is 0.210. The van der Waals surface area contributed by atoms with Gasteiger partial charge in [-0.25, -0.2) is 17.2 Å². The maximum Gasteiger partial charge on any atom is 0.337 e. The lowest BCUT2D eigenvalue weighted by Crippen LogP contribution is -2.25. The Morgan fingerprint density at radius 2 is 1.36 bits per heavy atom. The highest BCUT2D eigenvalue weighted by molar-refractivity contribution is 7.90. The smallest absolute Gasteiger partial charge is 0.337 e. The van der Waals surface area contributed by atoms with Crippen molar-refractivity contribution in [2.75, 3.05) is 7.11 Å². The van der Waals surface area contributed by atoms with Gasteiger partial charge in [0.2, 0.25) is 0 Å². The van der Waals surface area contributed by atoms with Crippen LogP contribution in [0.15, 0.2) is 114 Å². The maximum absolute atomic E-state index is 14.1. The van der Waals surface area contributed by atoms with Gasteiger partial charge >= 0.3 is 5.97 Å². The average Bonchev–Trinajstić information content (AvgIpc) is 3.31. The first-order valence-corrected chi connectivity index (χ1v) is 14.1. The summed E-state index contributed by atoms with van der Waals surface area (Å²) < 4.78 is 34.5. The molecule has 0 aliphatic heterocycles. The summed E-state index contributed by atoms with van der Waals surface area (Å²) in [4.78, 5) is 14.7. The average molecular weight is 539 g/mol. The van der Waals surface area contributed by atoms with Gasteiger partial charge in [-0.05, 0) is 48.4 Å². The molecule has 0 atom stereocenters. The van der Waals surface area contributed by atoms with Crippen molar-refractivity contribution in [1.29, 1.82) is 0 Å². The minimum absolute atomic E-state index is 0.188. The third kappa shape index (κ3) is 5.79. The summed E-state index contributed by atoms with van der Waals surface area (Å²) in [6.45, 7) is 3.56. The highest BCUT2D eigenvalue weighted by Gasteiger charge is 2.25. The molecule has 198 valence electrons. The van der Waals surface area contributed by atoms with Crippen LogP contribution in [0.5, 0.6) is 0 Å². The molecule has 0 aliphatic carbocycles. The van der Waals surface area contributed by atoms with Gasteiger partial charge in [0.15, 0.2) is 0 Å². The van der Waals surface area contributed by atoms with Crippen molar-refractivity contribution in [3.05, 3.63) is 137 Å². The van der Waals surface area contributed by atoms with Gasteiger partial charge in [-0.1, -0.05) is 84.4 Å². The highest BCUT2D eigenvalue weighted by atomic mass is 32.2. The Kier molecular flexibility index (Phi) is 7.63. The molecule has 0 amide bonds. The zero-order valence-corrected chi connectivity index (χ0v) is 22.8. The van der Waals surface area contributed by atoms with Crippen LogP contribution in [0.2, 0.25) is 0 Å². The Morgan fingerprint density at radius 3 is 1.92 bits per heavy atom. The van der Waals surface area contributed by atoms with E-state index in [1.807, 2.05) is 49.4 Å². The van der Waals surface area contributed by atoms with Crippen LogP contribution >= 0.6 is 0 Å². The number of hydrogen-bond acceptors (Lipinski definition) is 5. The zero-order chi connectivity index (χ0) is 27.4. The molecular weight excluding hydrogens is 508 g/mol. The molecule has 5 rings (SSSR count). The van der Waals surface area contributed by atoms with Crippen LogP contribution in [0.4, 0.5) is 0 Å². The Bertz CT molecular complexity index is 1650. The summed E-state index contributed by atoms with van der Waals surface area (Å²) in [6, 6.07) is 34.0. The van der Waals surface area contributed by atoms with E-state index >= 15 is 0 Å². The van der Waals surface area contributed by atoms with Crippen molar-refractivity contribution in [1.82, 2.24) is 8.87 Å². The standard InChI is InChI=1S/C32H30N2O4S/c1-24-13-17-30(18-14-24)39(36,37)34-29(19-27-15-16-28(20-31(27)34)32(35)38-2)23-33(21-25-9-5-3-6-10-25)22-26-11-7-4-8-12-26/h3-20H,21-23H2,1-2H3. The molecule has 5 aromatic rings. The number of nitrogens with zero attached hydrogens (tertiary/aromatic N) is 2. The van der Waals surface area contributed by atoms with Crippen LogP contribution in [0.1, 0.15) is 32.7 Å². The predicted octanol–water partition coefficient (Wildman–Crippen LogP) is 6.18. The van der Waals surface area contributed by atoms with Crippen LogP contribution in [-0.2, 0) is 34.4 Å². The van der Waals surface area contributed by atoms with Crippen molar-refractivity contribution in [2.24, 2.45) is 0 Å². The maximum atomic E-state index is 14.1. The molecular formula is C32H30N2O4S. The van der Waals surface area contributed by atoms with Gasteiger partial charge in [0.25, 0.3) is 10.0 Å². The zero-order valence-electron chi connectivity index (χ0n) is 21.9. The lowest BCUT2D eigenvalue weighted by atomic mass is 10.1. The van der Waals surface area contributed by atoms with E-state index in [9.17, 15) is 13.2 Å². The van der Waals surface area contributed by atoms with Gasteiger partial charge in [-0.2, -0.15) is 0 Å². The van der Waals surface area contributed by atoms with Crippen LogP contribution < -0.4 is 0 Å². The first-order chi connectivity index (χ1) is 18.8. The van der Waals surface area contributed by atoms with Gasteiger partial charge in [-0.15, -0.1) is 0 Å². The Labute approximate surface area is 229 Å². The molecule has 0 fully saturated rings. The number of ether oxygens (including phenoxy) is 1. The predicted molar refractivity (Wildman–Crippen MR) is 153 cm³/mol. The molecule has 1 aromatic heterocycles. The number of hydrogen-bond donors (Lipinski definition) is 0. The number of carbonyl (C=O) groups is 1. The van der Waals surface area contributed by atoms with E-state index in [1.165, 1.54) is 11.1 Å². The number of esters is 1. The summed E-state index contributed by atoms with van der Waals surface area (Å²) in [5, 5.41) is 0.729. The van der Waals surface area contributed by atoms with E-state index in [1.54, 1.807) is 42.5 Å². The number of fused-ring (bicyclic) bond motifs is 1. The lowest BCUT2D eigenvalue weighted by molar-refractivity contribution is 0.0601. The molecule has 6 nitrogen and oxygen atoms in total. The summed E-state index contributed by atoms with van der Waals surface area (Å²) in [5.41, 5.74) is 4.57. The SMILES string of the molecule is COC(=O)c1ccc2cc(CN(Cc3ccccc3)Cc3ccccc3)n(S(=O)(=O)c3ccc(C)cc3)c2c1. The topological polar surface area (TPSA) is 68.6 Å². The molecule has 0 saturated carbocycles. The van der Waals surface area contributed by atoms with Crippen LogP contribution in [0.25, 0.3) is 10.9 Å². The molecule has 39 heavy (non-hydrogen) atoms. The molecule has 0 saturated heterocycles. The van der Waals surface area contributed by atoms with Gasteiger partial charge in [-0.3, -0.25) is 4.90 Å². The fraction of sp³-hybridized carbons (Fsp3) is 0.156. The number of benzene rings is 4.